The van der Waals surface area contributed by atoms with E-state index in [0.717, 1.165) is 12.8 Å². The summed E-state index contributed by atoms with van der Waals surface area (Å²) in [5.41, 5.74) is 1.08. The topological polar surface area (TPSA) is 59.1 Å². The monoisotopic (exact) mass is 256 g/mol. The zero-order valence-corrected chi connectivity index (χ0v) is 10.7. The molecule has 0 atom stereocenters. The minimum Gasteiger partial charge on any atom is -0.379 e. The van der Waals surface area contributed by atoms with Crippen LogP contribution in [0.15, 0.2) is 30.1 Å². The van der Waals surface area contributed by atoms with E-state index < -0.39 is 0 Å². The van der Waals surface area contributed by atoms with Gasteiger partial charge in [-0.05, 0) is 25.0 Å². The maximum atomic E-state index is 12.3. The Balaban J connectivity index is 1.84. The van der Waals surface area contributed by atoms with Crippen LogP contribution in [0.2, 0.25) is 0 Å². The van der Waals surface area contributed by atoms with Crippen LogP contribution in [0.25, 0.3) is 0 Å². The van der Waals surface area contributed by atoms with Crippen molar-refractivity contribution in [3.63, 3.8) is 0 Å². The normalized spacial score (nSPS) is 19.9. The second-order valence-corrected chi connectivity index (χ2v) is 5.13. The van der Waals surface area contributed by atoms with E-state index in [1.165, 1.54) is 25.3 Å². The molecule has 3 rings (SSSR count). The first kappa shape index (κ1) is 12.1. The number of pyridine rings is 1. The van der Waals surface area contributed by atoms with Crippen molar-refractivity contribution in [3.05, 3.63) is 41.4 Å². The lowest BCUT2D eigenvalue weighted by Gasteiger charge is -2.26. The van der Waals surface area contributed by atoms with Gasteiger partial charge in [-0.15, -0.1) is 0 Å². The Kier molecular flexibility index (Phi) is 3.15. The average Bonchev–Trinajstić information content (AvgIpc) is 2.46. The minimum absolute atomic E-state index is 0.138. The van der Waals surface area contributed by atoms with Gasteiger partial charge in [0, 0.05) is 18.3 Å². The van der Waals surface area contributed by atoms with E-state index in [1.807, 2.05) is 0 Å². The Bertz CT molecular complexity index is 557. The summed E-state index contributed by atoms with van der Waals surface area (Å²) in [4.78, 5) is 28.3. The molecule has 1 aromatic heterocycles. The molecule has 0 saturated heterocycles. The molecule has 0 radical (unpaired) electrons. The maximum absolute atomic E-state index is 12.3. The third kappa shape index (κ3) is 2.30. The summed E-state index contributed by atoms with van der Waals surface area (Å²) in [6.45, 7) is 0. The zero-order chi connectivity index (χ0) is 13.2. The predicted molar refractivity (Wildman–Crippen MR) is 71.0 cm³/mol. The van der Waals surface area contributed by atoms with E-state index in [2.05, 4.69) is 10.3 Å². The van der Waals surface area contributed by atoms with Crippen LogP contribution in [0.5, 0.6) is 0 Å². The summed E-state index contributed by atoms with van der Waals surface area (Å²) in [5.74, 6) is -0.304. The lowest BCUT2D eigenvalue weighted by molar-refractivity contribution is 0.0971. The van der Waals surface area contributed by atoms with Crippen molar-refractivity contribution in [3.8, 4) is 0 Å². The molecule has 1 N–H and O–H groups in total. The summed E-state index contributed by atoms with van der Waals surface area (Å²) < 4.78 is 0. The van der Waals surface area contributed by atoms with E-state index in [0.29, 0.717) is 17.3 Å². The number of aromatic nitrogens is 1. The van der Waals surface area contributed by atoms with Crippen molar-refractivity contribution in [1.29, 1.82) is 0 Å². The Morgan fingerprint density at radius 2 is 1.95 bits per heavy atom. The van der Waals surface area contributed by atoms with Gasteiger partial charge in [-0.1, -0.05) is 19.3 Å². The van der Waals surface area contributed by atoms with E-state index in [9.17, 15) is 9.59 Å². The summed E-state index contributed by atoms with van der Waals surface area (Å²) in [5, 5.41) is 3.23. The molecule has 0 unspecified atom stereocenters. The Morgan fingerprint density at radius 1 is 1.16 bits per heavy atom. The minimum atomic E-state index is -0.166. The van der Waals surface area contributed by atoms with Crippen LogP contribution in [-0.2, 0) is 0 Å². The van der Waals surface area contributed by atoms with Gasteiger partial charge in [0.2, 0.25) is 5.78 Å². The standard InChI is InChI=1S/C15H16N2O2/c18-13-9-12(17-10-5-2-1-3-6-10)15(19)14-11(13)7-4-8-16-14/h4,7-10,17H,1-3,5-6H2. The van der Waals surface area contributed by atoms with Crippen molar-refractivity contribution in [2.75, 3.05) is 0 Å². The summed E-state index contributed by atoms with van der Waals surface area (Å²) in [6, 6.07) is 3.63. The number of hydrogen-bond donors (Lipinski definition) is 1. The number of nitrogens with zero attached hydrogens (tertiary/aromatic N) is 1. The highest BCUT2D eigenvalue weighted by atomic mass is 16.1. The molecule has 1 heterocycles. The SMILES string of the molecule is O=C1C=C(NC2CCCCC2)C(=O)c2ncccc21. The van der Waals surface area contributed by atoms with Gasteiger partial charge in [0.1, 0.15) is 5.69 Å². The van der Waals surface area contributed by atoms with E-state index in [4.69, 9.17) is 0 Å². The molecule has 4 heteroatoms. The average molecular weight is 256 g/mol. The van der Waals surface area contributed by atoms with Crippen LogP contribution >= 0.6 is 0 Å². The van der Waals surface area contributed by atoms with E-state index >= 15 is 0 Å². The van der Waals surface area contributed by atoms with Crippen molar-refractivity contribution in [2.45, 2.75) is 38.1 Å². The number of Topliss-reactive ketones (excluding diaryl/α,β-unsaturated/α-hetero) is 1. The Labute approximate surface area is 111 Å². The van der Waals surface area contributed by atoms with Crippen molar-refractivity contribution >= 4 is 11.6 Å². The fourth-order valence-electron chi connectivity index (χ4n) is 2.76. The number of allylic oxidation sites excluding steroid dienone is 2. The molecule has 98 valence electrons. The van der Waals surface area contributed by atoms with Crippen LogP contribution in [0.3, 0.4) is 0 Å². The van der Waals surface area contributed by atoms with Gasteiger partial charge in [0.25, 0.3) is 0 Å². The van der Waals surface area contributed by atoms with Crippen molar-refractivity contribution in [1.82, 2.24) is 10.3 Å². The number of nitrogens with one attached hydrogen (secondary N) is 1. The maximum Gasteiger partial charge on any atom is 0.228 e. The predicted octanol–water partition coefficient (Wildman–Crippen LogP) is 2.27. The van der Waals surface area contributed by atoms with Gasteiger partial charge >= 0.3 is 0 Å². The zero-order valence-electron chi connectivity index (χ0n) is 10.7. The summed E-state index contributed by atoms with van der Waals surface area (Å²) >= 11 is 0. The van der Waals surface area contributed by atoms with Crippen LogP contribution < -0.4 is 5.32 Å². The van der Waals surface area contributed by atoms with Gasteiger partial charge in [-0.3, -0.25) is 14.6 Å². The third-order valence-corrected chi connectivity index (χ3v) is 3.77. The second-order valence-electron chi connectivity index (χ2n) is 5.13. The molecule has 0 spiro atoms. The molecular weight excluding hydrogens is 240 g/mol. The molecule has 4 nitrogen and oxygen atoms in total. The number of rotatable bonds is 2. The number of hydrogen-bond acceptors (Lipinski definition) is 4. The first-order chi connectivity index (χ1) is 9.25. The first-order valence-corrected chi connectivity index (χ1v) is 6.78. The van der Waals surface area contributed by atoms with Gasteiger partial charge in [0.05, 0.1) is 11.3 Å². The number of ketones is 2. The smallest absolute Gasteiger partial charge is 0.228 e. The molecule has 0 amide bonds. The first-order valence-electron chi connectivity index (χ1n) is 6.78. The largest absolute Gasteiger partial charge is 0.379 e. The molecule has 2 aliphatic rings. The molecule has 0 aliphatic heterocycles. The second kappa shape index (κ2) is 4.96. The lowest BCUT2D eigenvalue weighted by atomic mass is 9.93. The fourth-order valence-corrected chi connectivity index (χ4v) is 2.76. The molecule has 0 bridgehead atoms. The van der Waals surface area contributed by atoms with Crippen LogP contribution in [-0.4, -0.2) is 22.6 Å². The van der Waals surface area contributed by atoms with E-state index in [1.54, 1.807) is 18.3 Å². The molecule has 1 saturated carbocycles. The molecule has 19 heavy (non-hydrogen) atoms. The van der Waals surface area contributed by atoms with Gasteiger partial charge in [0.15, 0.2) is 5.78 Å². The van der Waals surface area contributed by atoms with Gasteiger partial charge in [-0.2, -0.15) is 0 Å². The van der Waals surface area contributed by atoms with Crippen molar-refractivity contribution in [2.24, 2.45) is 0 Å². The number of carbonyl (C=O) groups is 2. The Morgan fingerprint density at radius 3 is 2.74 bits per heavy atom. The lowest BCUT2D eigenvalue weighted by Crippen LogP contribution is -2.36. The third-order valence-electron chi connectivity index (χ3n) is 3.77. The molecule has 1 aromatic rings. The summed E-state index contributed by atoms with van der Waals surface area (Å²) in [7, 11) is 0. The number of fused-ring (bicyclic) bond motifs is 1. The van der Waals surface area contributed by atoms with Crippen LogP contribution in [0.4, 0.5) is 0 Å². The molecule has 1 fully saturated rings. The quantitative estimate of drug-likeness (QED) is 0.881. The highest BCUT2D eigenvalue weighted by molar-refractivity contribution is 6.23. The van der Waals surface area contributed by atoms with Crippen molar-refractivity contribution < 1.29 is 9.59 Å². The van der Waals surface area contributed by atoms with Gasteiger partial charge in [-0.25, -0.2) is 0 Å². The van der Waals surface area contributed by atoms with Crippen LogP contribution in [0, 0.1) is 0 Å². The molecule has 2 aliphatic carbocycles. The van der Waals surface area contributed by atoms with Gasteiger partial charge < -0.3 is 5.32 Å². The van der Waals surface area contributed by atoms with E-state index in [-0.39, 0.29) is 17.3 Å². The molecular formula is C15H16N2O2. The fraction of sp³-hybridized carbons (Fsp3) is 0.400. The Hall–Kier alpha value is -1.97. The number of carbonyl (C=O) groups excluding carboxylic acids is 2. The van der Waals surface area contributed by atoms with Crippen LogP contribution in [0.1, 0.15) is 53.0 Å². The molecule has 0 aromatic carbocycles. The summed E-state index contributed by atoms with van der Waals surface area (Å²) in [6.07, 6.45) is 8.72. The highest BCUT2D eigenvalue weighted by Crippen LogP contribution is 2.22. The highest BCUT2D eigenvalue weighted by Gasteiger charge is 2.28.